The standard InChI is InChI=1S/C20H21ClN2O5S/c1-13-5-6-15(20(25)28-2)11-17(13)22-19(24)14-7-8-16(21)18(12-14)29(26,27)23-9-3-4-10-23/h5-8,11-12H,3-4,9-10H2,1-2H3,(H,22,24). The quantitative estimate of drug-likeness (QED) is 0.724. The topological polar surface area (TPSA) is 92.8 Å². The average molecular weight is 437 g/mol. The molecule has 1 saturated heterocycles. The normalized spacial score (nSPS) is 14.6. The zero-order valence-electron chi connectivity index (χ0n) is 16.1. The second-order valence-electron chi connectivity index (χ2n) is 6.73. The Morgan fingerprint density at radius 3 is 2.38 bits per heavy atom. The largest absolute Gasteiger partial charge is 0.465 e. The minimum absolute atomic E-state index is 0.0670. The molecule has 154 valence electrons. The third-order valence-electron chi connectivity index (χ3n) is 4.78. The van der Waals surface area contributed by atoms with Crippen LogP contribution in [0.2, 0.25) is 5.02 Å². The predicted molar refractivity (Wildman–Crippen MR) is 110 cm³/mol. The Morgan fingerprint density at radius 1 is 1.07 bits per heavy atom. The van der Waals surface area contributed by atoms with Crippen molar-refractivity contribution in [1.82, 2.24) is 4.31 Å². The summed E-state index contributed by atoms with van der Waals surface area (Å²) >= 11 is 6.13. The van der Waals surface area contributed by atoms with Crippen LogP contribution in [-0.4, -0.2) is 44.8 Å². The number of carbonyl (C=O) groups excluding carboxylic acids is 2. The molecule has 3 rings (SSSR count). The van der Waals surface area contributed by atoms with E-state index in [9.17, 15) is 18.0 Å². The highest BCUT2D eigenvalue weighted by Gasteiger charge is 2.29. The van der Waals surface area contributed by atoms with Gasteiger partial charge in [0.1, 0.15) is 4.90 Å². The third-order valence-corrected chi connectivity index (χ3v) is 7.16. The van der Waals surface area contributed by atoms with Crippen molar-refractivity contribution in [3.8, 4) is 0 Å². The second kappa shape index (κ2) is 8.52. The molecule has 29 heavy (non-hydrogen) atoms. The summed E-state index contributed by atoms with van der Waals surface area (Å²) in [7, 11) is -2.49. The number of ether oxygens (including phenoxy) is 1. The molecule has 1 heterocycles. The number of amides is 1. The molecule has 0 aromatic heterocycles. The van der Waals surface area contributed by atoms with Gasteiger partial charge < -0.3 is 10.1 Å². The Morgan fingerprint density at radius 2 is 1.72 bits per heavy atom. The number of esters is 1. The number of anilines is 1. The summed E-state index contributed by atoms with van der Waals surface area (Å²) in [6, 6.07) is 8.94. The Bertz CT molecular complexity index is 1060. The maximum Gasteiger partial charge on any atom is 0.337 e. The zero-order valence-corrected chi connectivity index (χ0v) is 17.6. The van der Waals surface area contributed by atoms with Gasteiger partial charge in [-0.05, 0) is 55.7 Å². The van der Waals surface area contributed by atoms with Gasteiger partial charge in [0, 0.05) is 24.3 Å². The first-order chi connectivity index (χ1) is 13.7. The van der Waals surface area contributed by atoms with Gasteiger partial charge in [0.2, 0.25) is 10.0 Å². The van der Waals surface area contributed by atoms with Crippen molar-refractivity contribution < 1.29 is 22.7 Å². The van der Waals surface area contributed by atoms with E-state index in [-0.39, 0.29) is 15.5 Å². The first-order valence-corrected chi connectivity index (χ1v) is 10.9. The van der Waals surface area contributed by atoms with Crippen LogP contribution in [0.1, 0.15) is 39.1 Å². The molecular weight excluding hydrogens is 416 g/mol. The number of nitrogens with zero attached hydrogens (tertiary/aromatic N) is 1. The highest BCUT2D eigenvalue weighted by atomic mass is 35.5. The molecule has 0 saturated carbocycles. The van der Waals surface area contributed by atoms with Crippen LogP contribution in [0.3, 0.4) is 0 Å². The van der Waals surface area contributed by atoms with Gasteiger partial charge in [-0.2, -0.15) is 4.31 Å². The zero-order chi connectivity index (χ0) is 21.2. The summed E-state index contributed by atoms with van der Waals surface area (Å²) in [5.41, 5.74) is 1.61. The molecule has 0 radical (unpaired) electrons. The van der Waals surface area contributed by atoms with Crippen molar-refractivity contribution in [2.45, 2.75) is 24.7 Å². The fourth-order valence-electron chi connectivity index (χ4n) is 3.11. The first-order valence-electron chi connectivity index (χ1n) is 9.04. The van der Waals surface area contributed by atoms with Crippen LogP contribution in [0.5, 0.6) is 0 Å². The van der Waals surface area contributed by atoms with E-state index in [0.29, 0.717) is 24.3 Å². The number of carbonyl (C=O) groups is 2. The molecule has 0 atom stereocenters. The minimum Gasteiger partial charge on any atom is -0.465 e. The molecule has 2 aromatic carbocycles. The molecule has 1 fully saturated rings. The summed E-state index contributed by atoms with van der Waals surface area (Å²) in [5.74, 6) is -1.03. The molecule has 1 amide bonds. The predicted octanol–water partition coefficient (Wildman–Crippen LogP) is 3.47. The fourth-order valence-corrected chi connectivity index (χ4v) is 5.12. The molecule has 0 unspecified atom stereocenters. The van der Waals surface area contributed by atoms with Crippen LogP contribution in [0.25, 0.3) is 0 Å². The van der Waals surface area contributed by atoms with Crippen LogP contribution in [-0.2, 0) is 14.8 Å². The number of hydrogen-bond acceptors (Lipinski definition) is 5. The van der Waals surface area contributed by atoms with Gasteiger partial charge in [0.15, 0.2) is 0 Å². The van der Waals surface area contributed by atoms with Gasteiger partial charge in [-0.3, -0.25) is 4.79 Å². The summed E-state index contributed by atoms with van der Waals surface area (Å²) in [6.07, 6.45) is 1.60. The maximum absolute atomic E-state index is 12.9. The van der Waals surface area contributed by atoms with Gasteiger partial charge in [-0.15, -0.1) is 0 Å². The maximum atomic E-state index is 12.9. The van der Waals surface area contributed by atoms with Crippen molar-refractivity contribution in [1.29, 1.82) is 0 Å². The number of sulfonamides is 1. The van der Waals surface area contributed by atoms with E-state index < -0.39 is 21.9 Å². The van der Waals surface area contributed by atoms with Gasteiger partial charge >= 0.3 is 5.97 Å². The second-order valence-corrected chi connectivity index (χ2v) is 9.05. The van der Waals surface area contributed by atoms with E-state index in [0.717, 1.165) is 18.4 Å². The van der Waals surface area contributed by atoms with Crippen molar-refractivity contribution in [3.05, 3.63) is 58.1 Å². The summed E-state index contributed by atoms with van der Waals surface area (Å²) in [5, 5.41) is 2.78. The Kier molecular flexibility index (Phi) is 6.26. The third kappa shape index (κ3) is 4.44. The first kappa shape index (κ1) is 21.3. The fraction of sp³-hybridized carbons (Fsp3) is 0.300. The molecule has 9 heteroatoms. The molecule has 1 aliphatic rings. The molecule has 1 N–H and O–H groups in total. The smallest absolute Gasteiger partial charge is 0.337 e. The van der Waals surface area contributed by atoms with Gasteiger partial charge in [0.25, 0.3) is 5.91 Å². The minimum atomic E-state index is -3.77. The van der Waals surface area contributed by atoms with Crippen LogP contribution < -0.4 is 5.32 Å². The summed E-state index contributed by atoms with van der Waals surface area (Å²) in [6.45, 7) is 2.66. The number of hydrogen-bond donors (Lipinski definition) is 1. The van der Waals surface area contributed by atoms with Crippen LogP contribution in [0.15, 0.2) is 41.3 Å². The molecule has 7 nitrogen and oxygen atoms in total. The van der Waals surface area contributed by atoms with E-state index >= 15 is 0 Å². The number of methoxy groups -OCH3 is 1. The van der Waals surface area contributed by atoms with E-state index in [2.05, 4.69) is 5.32 Å². The molecule has 2 aromatic rings. The molecular formula is C20H21ClN2O5S. The number of aryl methyl sites for hydroxylation is 1. The van der Waals surface area contributed by atoms with Crippen molar-refractivity contribution in [2.75, 3.05) is 25.5 Å². The average Bonchev–Trinajstić information content (AvgIpc) is 3.25. The lowest BCUT2D eigenvalue weighted by molar-refractivity contribution is 0.0600. The van der Waals surface area contributed by atoms with Crippen LogP contribution in [0, 0.1) is 6.92 Å². The SMILES string of the molecule is COC(=O)c1ccc(C)c(NC(=O)c2ccc(Cl)c(S(=O)(=O)N3CCCC3)c2)c1. The van der Waals surface area contributed by atoms with E-state index in [1.807, 2.05) is 0 Å². The van der Waals surface area contributed by atoms with Gasteiger partial charge in [-0.1, -0.05) is 17.7 Å². The monoisotopic (exact) mass is 436 g/mol. The highest BCUT2D eigenvalue weighted by Crippen LogP contribution is 2.28. The molecule has 0 bridgehead atoms. The summed E-state index contributed by atoms with van der Waals surface area (Å²) < 4.78 is 31.8. The van der Waals surface area contributed by atoms with Gasteiger partial charge in [0.05, 0.1) is 17.7 Å². The number of rotatable bonds is 5. The summed E-state index contributed by atoms with van der Waals surface area (Å²) in [4.78, 5) is 24.4. The van der Waals surface area contributed by atoms with E-state index in [1.54, 1.807) is 19.1 Å². The van der Waals surface area contributed by atoms with Crippen LogP contribution in [0.4, 0.5) is 5.69 Å². The lowest BCUT2D eigenvalue weighted by atomic mass is 10.1. The number of benzene rings is 2. The lowest BCUT2D eigenvalue weighted by Crippen LogP contribution is -2.28. The van der Waals surface area contributed by atoms with E-state index in [4.69, 9.17) is 16.3 Å². The lowest BCUT2D eigenvalue weighted by Gasteiger charge is -2.17. The highest BCUT2D eigenvalue weighted by molar-refractivity contribution is 7.89. The van der Waals surface area contributed by atoms with E-state index in [1.165, 1.54) is 35.7 Å². The molecule has 1 aliphatic heterocycles. The Hall–Kier alpha value is -2.42. The van der Waals surface area contributed by atoms with Crippen LogP contribution >= 0.6 is 11.6 Å². The van der Waals surface area contributed by atoms with Gasteiger partial charge in [-0.25, -0.2) is 13.2 Å². The Labute approximate surface area is 174 Å². The van der Waals surface area contributed by atoms with Crippen molar-refractivity contribution >= 4 is 39.2 Å². The molecule has 0 aliphatic carbocycles. The van der Waals surface area contributed by atoms with Crippen molar-refractivity contribution in [3.63, 3.8) is 0 Å². The number of halogens is 1. The Balaban J connectivity index is 1.90. The molecule has 0 spiro atoms. The van der Waals surface area contributed by atoms with Crippen molar-refractivity contribution in [2.24, 2.45) is 0 Å². The number of nitrogens with one attached hydrogen (secondary N) is 1.